The van der Waals surface area contributed by atoms with Crippen molar-refractivity contribution >= 4 is 5.97 Å². The molecule has 0 aromatic carbocycles. The number of carbonyl (C=O) groups excluding carboxylic acids is 1. The minimum atomic E-state index is 0.0791. The molecule has 23 heavy (non-hydrogen) atoms. The van der Waals surface area contributed by atoms with Crippen LogP contribution in [-0.2, 0) is 9.53 Å². The third-order valence-electron chi connectivity index (χ3n) is 6.57. The molecule has 0 aliphatic heterocycles. The van der Waals surface area contributed by atoms with Gasteiger partial charge in [-0.05, 0) is 62.2 Å². The molecule has 0 aromatic heterocycles. The largest absolute Gasteiger partial charge is 0.465 e. The van der Waals surface area contributed by atoms with E-state index < -0.39 is 0 Å². The van der Waals surface area contributed by atoms with Crippen LogP contribution in [0.1, 0.15) is 91.4 Å². The van der Waals surface area contributed by atoms with Gasteiger partial charge in [0.05, 0.1) is 12.5 Å². The minimum absolute atomic E-state index is 0.0791. The number of carbonyl (C=O) groups is 1. The lowest BCUT2D eigenvalue weighted by molar-refractivity contribution is -0.151. The summed E-state index contributed by atoms with van der Waals surface area (Å²) in [7, 11) is 0. The number of esters is 1. The fraction of sp³-hybridized carbons (Fsp3) is 0.952. The van der Waals surface area contributed by atoms with Crippen LogP contribution in [0.5, 0.6) is 0 Å². The van der Waals surface area contributed by atoms with E-state index in [1.165, 1.54) is 51.4 Å². The smallest absolute Gasteiger partial charge is 0.308 e. The van der Waals surface area contributed by atoms with Crippen LogP contribution in [0.25, 0.3) is 0 Å². The van der Waals surface area contributed by atoms with E-state index in [9.17, 15) is 4.79 Å². The Kier molecular flexibility index (Phi) is 7.92. The van der Waals surface area contributed by atoms with E-state index in [2.05, 4.69) is 20.8 Å². The van der Waals surface area contributed by atoms with Gasteiger partial charge in [-0.1, -0.05) is 52.9 Å². The van der Waals surface area contributed by atoms with E-state index in [-0.39, 0.29) is 11.9 Å². The molecule has 0 unspecified atom stereocenters. The zero-order chi connectivity index (χ0) is 16.7. The first-order valence-corrected chi connectivity index (χ1v) is 10.3. The fourth-order valence-corrected chi connectivity index (χ4v) is 4.64. The highest BCUT2D eigenvalue weighted by molar-refractivity contribution is 5.72. The maximum atomic E-state index is 12.2. The molecule has 2 aliphatic rings. The molecule has 2 saturated carbocycles. The predicted octanol–water partition coefficient (Wildman–Crippen LogP) is 5.99. The van der Waals surface area contributed by atoms with Crippen molar-refractivity contribution in [3.05, 3.63) is 0 Å². The van der Waals surface area contributed by atoms with Crippen molar-refractivity contribution in [2.45, 2.75) is 91.4 Å². The van der Waals surface area contributed by atoms with Crippen LogP contribution < -0.4 is 0 Å². The first-order chi connectivity index (χ1) is 11.1. The van der Waals surface area contributed by atoms with E-state index in [1.807, 2.05) is 0 Å². The van der Waals surface area contributed by atoms with Gasteiger partial charge < -0.3 is 4.74 Å². The van der Waals surface area contributed by atoms with Gasteiger partial charge in [-0.2, -0.15) is 0 Å². The van der Waals surface area contributed by atoms with Crippen LogP contribution in [0.3, 0.4) is 0 Å². The van der Waals surface area contributed by atoms with Crippen LogP contribution >= 0.6 is 0 Å². The van der Waals surface area contributed by atoms with Gasteiger partial charge >= 0.3 is 5.97 Å². The molecular weight excluding hydrogens is 284 g/mol. The molecule has 0 bridgehead atoms. The molecule has 2 fully saturated rings. The lowest BCUT2D eigenvalue weighted by Gasteiger charge is -2.37. The third-order valence-corrected chi connectivity index (χ3v) is 6.57. The van der Waals surface area contributed by atoms with Gasteiger partial charge in [0.15, 0.2) is 0 Å². The van der Waals surface area contributed by atoms with Crippen molar-refractivity contribution in [2.75, 3.05) is 6.61 Å². The quantitative estimate of drug-likeness (QED) is 0.538. The lowest BCUT2D eigenvalue weighted by Crippen LogP contribution is -2.29. The van der Waals surface area contributed by atoms with Crippen LogP contribution in [0.15, 0.2) is 0 Å². The number of hydrogen-bond donors (Lipinski definition) is 0. The summed E-state index contributed by atoms with van der Waals surface area (Å²) in [6, 6.07) is 0. The molecule has 2 heteroatoms. The second-order valence-electron chi connectivity index (χ2n) is 8.32. The Bertz CT molecular complexity index is 336. The monoisotopic (exact) mass is 322 g/mol. The molecular formula is C21H38O2. The van der Waals surface area contributed by atoms with E-state index in [1.54, 1.807) is 0 Å². The highest BCUT2D eigenvalue weighted by Crippen LogP contribution is 2.42. The predicted molar refractivity (Wildman–Crippen MR) is 96.2 cm³/mol. The zero-order valence-corrected chi connectivity index (χ0v) is 15.7. The maximum absolute atomic E-state index is 12.2. The summed E-state index contributed by atoms with van der Waals surface area (Å²) in [5.74, 6) is 3.59. The molecule has 2 aliphatic carbocycles. The Labute approximate surface area is 143 Å². The van der Waals surface area contributed by atoms with Crippen LogP contribution in [-0.4, -0.2) is 12.6 Å². The van der Waals surface area contributed by atoms with Gasteiger partial charge in [0.1, 0.15) is 0 Å². The van der Waals surface area contributed by atoms with Crippen molar-refractivity contribution in [2.24, 2.45) is 29.6 Å². The van der Waals surface area contributed by atoms with Crippen LogP contribution in [0, 0.1) is 29.6 Å². The van der Waals surface area contributed by atoms with Crippen molar-refractivity contribution in [3.63, 3.8) is 0 Å². The highest BCUT2D eigenvalue weighted by atomic mass is 16.5. The van der Waals surface area contributed by atoms with Crippen molar-refractivity contribution in [1.82, 2.24) is 0 Å². The average Bonchev–Trinajstić information content (AvgIpc) is 2.60. The molecule has 0 amide bonds. The van der Waals surface area contributed by atoms with Crippen LogP contribution in [0.2, 0.25) is 0 Å². The minimum Gasteiger partial charge on any atom is -0.465 e. The summed E-state index contributed by atoms with van der Waals surface area (Å²) in [4.78, 5) is 12.2. The first kappa shape index (κ1) is 18.8. The average molecular weight is 323 g/mol. The SMILES string of the molecule is CCCC1CCC(C2CCC(C(=O)OC[C@H](C)CC)CC2)CC1. The Hall–Kier alpha value is -0.530. The zero-order valence-electron chi connectivity index (χ0n) is 15.7. The summed E-state index contributed by atoms with van der Waals surface area (Å²) in [5.41, 5.74) is 0. The Morgan fingerprint density at radius 2 is 1.52 bits per heavy atom. The molecule has 0 N–H and O–H groups in total. The van der Waals surface area contributed by atoms with E-state index in [4.69, 9.17) is 4.74 Å². The van der Waals surface area contributed by atoms with Gasteiger partial charge in [-0.3, -0.25) is 4.79 Å². The van der Waals surface area contributed by atoms with Gasteiger partial charge in [-0.25, -0.2) is 0 Å². The van der Waals surface area contributed by atoms with Crippen molar-refractivity contribution in [1.29, 1.82) is 0 Å². The Morgan fingerprint density at radius 1 is 0.957 bits per heavy atom. The van der Waals surface area contributed by atoms with E-state index in [0.29, 0.717) is 12.5 Å². The number of hydrogen-bond acceptors (Lipinski definition) is 2. The lowest BCUT2D eigenvalue weighted by atomic mass is 9.69. The summed E-state index contributed by atoms with van der Waals surface area (Å²) >= 11 is 0. The van der Waals surface area contributed by atoms with E-state index in [0.717, 1.165) is 37.0 Å². The van der Waals surface area contributed by atoms with E-state index >= 15 is 0 Å². The molecule has 134 valence electrons. The summed E-state index contributed by atoms with van der Waals surface area (Å²) < 4.78 is 5.52. The second-order valence-corrected chi connectivity index (χ2v) is 8.32. The molecule has 2 nitrogen and oxygen atoms in total. The van der Waals surface area contributed by atoms with Gasteiger partial charge in [0.25, 0.3) is 0 Å². The van der Waals surface area contributed by atoms with Crippen LogP contribution in [0.4, 0.5) is 0 Å². The topological polar surface area (TPSA) is 26.3 Å². The molecule has 2 rings (SSSR count). The third kappa shape index (κ3) is 5.80. The standard InChI is InChI=1S/C21H38O2/c1-4-6-17-7-9-18(10-8-17)19-11-13-20(14-12-19)21(22)23-15-16(3)5-2/h16-20H,4-15H2,1-3H3/t16-,17?,18?,19?,20?/m1/s1. The highest BCUT2D eigenvalue weighted by Gasteiger charge is 2.33. The number of ether oxygens (including phenoxy) is 1. The van der Waals surface area contributed by atoms with Gasteiger partial charge in [0.2, 0.25) is 0 Å². The van der Waals surface area contributed by atoms with Gasteiger partial charge in [-0.15, -0.1) is 0 Å². The fourth-order valence-electron chi connectivity index (χ4n) is 4.64. The molecule has 0 heterocycles. The molecule has 0 spiro atoms. The molecule has 0 radical (unpaired) electrons. The number of rotatable bonds is 7. The van der Waals surface area contributed by atoms with Crippen molar-refractivity contribution < 1.29 is 9.53 Å². The summed E-state index contributed by atoms with van der Waals surface area (Å²) in [5, 5.41) is 0. The molecule has 0 aromatic rings. The normalized spacial score (nSPS) is 33.2. The molecule has 1 atom stereocenters. The first-order valence-electron chi connectivity index (χ1n) is 10.3. The molecule has 0 saturated heterocycles. The maximum Gasteiger partial charge on any atom is 0.308 e. The summed E-state index contributed by atoms with van der Waals surface area (Å²) in [6.07, 6.45) is 14.3. The Morgan fingerprint density at radius 3 is 2.04 bits per heavy atom. The Balaban J connectivity index is 1.67. The van der Waals surface area contributed by atoms with Gasteiger partial charge in [0, 0.05) is 0 Å². The summed E-state index contributed by atoms with van der Waals surface area (Å²) in [6.45, 7) is 7.22. The second kappa shape index (κ2) is 9.69. The van der Waals surface area contributed by atoms with Crippen molar-refractivity contribution in [3.8, 4) is 0 Å².